The number of nitrogens with one attached hydrogen (secondary N) is 1. The minimum absolute atomic E-state index is 0.0800. The normalized spacial score (nSPS) is 10.2. The summed E-state index contributed by atoms with van der Waals surface area (Å²) in [4.78, 5) is 27.1. The first kappa shape index (κ1) is 13.2. The molecule has 0 saturated heterocycles. The fraction of sp³-hybridized carbons (Fsp3) is 0.0833. The Kier molecular flexibility index (Phi) is 3.57. The molecule has 2 rings (SSSR count). The Labute approximate surface area is 111 Å². The van der Waals surface area contributed by atoms with Crippen LogP contribution in [0.1, 0.15) is 25.0 Å². The molecule has 98 valence electrons. The van der Waals surface area contributed by atoms with E-state index in [0.29, 0.717) is 9.88 Å². The van der Waals surface area contributed by atoms with Gasteiger partial charge in [0, 0.05) is 0 Å². The molecule has 0 aliphatic heterocycles. The number of carboxylic acids is 1. The van der Waals surface area contributed by atoms with E-state index in [-0.39, 0.29) is 5.69 Å². The topological polar surface area (TPSA) is 79.3 Å². The molecule has 0 aliphatic carbocycles. The zero-order valence-electron chi connectivity index (χ0n) is 9.81. The molecule has 1 heterocycles. The highest BCUT2D eigenvalue weighted by Crippen LogP contribution is 2.21. The molecule has 0 atom stereocenters. The van der Waals surface area contributed by atoms with Gasteiger partial charge in [-0.25, -0.2) is 14.2 Å². The Morgan fingerprint density at radius 1 is 1.42 bits per heavy atom. The summed E-state index contributed by atoms with van der Waals surface area (Å²) in [6.45, 7) is 1.74. The number of aryl methyl sites for hydroxylation is 1. The van der Waals surface area contributed by atoms with Gasteiger partial charge in [-0.3, -0.25) is 4.79 Å². The Morgan fingerprint density at radius 3 is 2.74 bits per heavy atom. The third kappa shape index (κ3) is 2.76. The van der Waals surface area contributed by atoms with Crippen molar-refractivity contribution in [3.05, 3.63) is 45.7 Å². The number of carbonyl (C=O) groups excluding carboxylic acids is 1. The van der Waals surface area contributed by atoms with E-state index in [2.05, 4.69) is 10.3 Å². The lowest BCUT2D eigenvalue weighted by Gasteiger charge is -2.07. The van der Waals surface area contributed by atoms with Crippen molar-refractivity contribution < 1.29 is 19.1 Å². The van der Waals surface area contributed by atoms with Crippen LogP contribution >= 0.6 is 11.3 Å². The quantitative estimate of drug-likeness (QED) is 0.905. The number of carboxylic acid groups (broad SMARTS) is 1. The number of rotatable bonds is 3. The van der Waals surface area contributed by atoms with Gasteiger partial charge in [-0.15, -0.1) is 11.3 Å². The molecule has 0 aliphatic rings. The van der Waals surface area contributed by atoms with Gasteiger partial charge in [-0.2, -0.15) is 0 Å². The number of carbonyl (C=O) groups is 2. The van der Waals surface area contributed by atoms with E-state index >= 15 is 0 Å². The Bertz CT molecular complexity index is 654. The number of benzene rings is 1. The van der Waals surface area contributed by atoms with Crippen molar-refractivity contribution in [1.82, 2.24) is 4.98 Å². The molecule has 1 aromatic carbocycles. The Balaban J connectivity index is 2.31. The maximum absolute atomic E-state index is 13.4. The monoisotopic (exact) mass is 280 g/mol. The summed E-state index contributed by atoms with van der Waals surface area (Å²) in [5, 5.41) is 12.0. The first-order valence-corrected chi connectivity index (χ1v) is 6.06. The van der Waals surface area contributed by atoms with Crippen LogP contribution in [-0.4, -0.2) is 22.0 Å². The molecular weight excluding hydrogens is 271 g/mol. The molecular formula is C12H9FN2O3S. The fourth-order valence-electron chi connectivity index (χ4n) is 1.50. The van der Waals surface area contributed by atoms with Gasteiger partial charge in [0.25, 0.3) is 5.91 Å². The molecule has 0 radical (unpaired) electrons. The molecule has 0 fully saturated rings. The highest BCUT2D eigenvalue weighted by molar-refractivity contribution is 7.13. The van der Waals surface area contributed by atoms with Gasteiger partial charge >= 0.3 is 5.97 Å². The van der Waals surface area contributed by atoms with E-state index in [9.17, 15) is 14.0 Å². The van der Waals surface area contributed by atoms with Crippen LogP contribution in [0.2, 0.25) is 0 Å². The molecule has 1 aromatic heterocycles. The Hall–Kier alpha value is -2.28. The number of thiazole rings is 1. The lowest BCUT2D eigenvalue weighted by atomic mass is 10.1. The summed E-state index contributed by atoms with van der Waals surface area (Å²) in [7, 11) is 0. The molecule has 19 heavy (non-hydrogen) atoms. The third-order valence-electron chi connectivity index (χ3n) is 2.32. The van der Waals surface area contributed by atoms with Crippen molar-refractivity contribution in [2.45, 2.75) is 6.92 Å². The van der Waals surface area contributed by atoms with Crippen LogP contribution < -0.4 is 5.32 Å². The summed E-state index contributed by atoms with van der Waals surface area (Å²) >= 11 is 1.17. The Morgan fingerprint density at radius 2 is 2.16 bits per heavy atom. The summed E-state index contributed by atoms with van der Waals surface area (Å²) in [5.41, 5.74) is -0.638. The standard InChI is InChI=1S/C12H9FN2O3S/c1-6-14-5-9(19-6)11(16)15-8-4-2-3-7(13)10(8)12(17)18/h2-5H,1H3,(H,15,16)(H,17,18). The zero-order valence-corrected chi connectivity index (χ0v) is 10.6. The number of aromatic nitrogens is 1. The van der Waals surface area contributed by atoms with E-state index in [4.69, 9.17) is 5.11 Å². The molecule has 7 heteroatoms. The maximum Gasteiger partial charge on any atom is 0.340 e. The molecule has 0 unspecified atom stereocenters. The van der Waals surface area contributed by atoms with Gasteiger partial charge in [0.2, 0.25) is 0 Å². The fourth-order valence-corrected chi connectivity index (χ4v) is 2.17. The molecule has 0 bridgehead atoms. The van der Waals surface area contributed by atoms with Gasteiger partial charge in [-0.05, 0) is 19.1 Å². The van der Waals surface area contributed by atoms with Crippen molar-refractivity contribution >= 4 is 28.9 Å². The van der Waals surface area contributed by atoms with Crippen molar-refractivity contribution in [3.8, 4) is 0 Å². The van der Waals surface area contributed by atoms with Crippen molar-refractivity contribution in [2.24, 2.45) is 0 Å². The predicted octanol–water partition coefficient (Wildman–Crippen LogP) is 2.54. The van der Waals surface area contributed by atoms with Gasteiger partial charge in [-0.1, -0.05) is 6.07 Å². The first-order chi connectivity index (χ1) is 8.99. The molecule has 2 N–H and O–H groups in total. The first-order valence-electron chi connectivity index (χ1n) is 5.24. The largest absolute Gasteiger partial charge is 0.478 e. The van der Waals surface area contributed by atoms with Crippen LogP contribution in [0.25, 0.3) is 0 Å². The lowest BCUT2D eigenvalue weighted by Crippen LogP contribution is -2.14. The van der Waals surface area contributed by atoms with E-state index in [0.717, 1.165) is 6.07 Å². The predicted molar refractivity (Wildman–Crippen MR) is 68.2 cm³/mol. The molecule has 0 saturated carbocycles. The summed E-state index contributed by atoms with van der Waals surface area (Å²) in [6.07, 6.45) is 1.38. The minimum Gasteiger partial charge on any atom is -0.478 e. The van der Waals surface area contributed by atoms with Crippen LogP contribution in [0.15, 0.2) is 24.4 Å². The molecule has 1 amide bonds. The van der Waals surface area contributed by atoms with Crippen molar-refractivity contribution in [3.63, 3.8) is 0 Å². The van der Waals surface area contributed by atoms with Gasteiger partial charge < -0.3 is 10.4 Å². The highest BCUT2D eigenvalue weighted by Gasteiger charge is 2.18. The van der Waals surface area contributed by atoms with E-state index in [1.54, 1.807) is 6.92 Å². The summed E-state index contributed by atoms with van der Waals surface area (Å²) in [6, 6.07) is 3.68. The van der Waals surface area contributed by atoms with Gasteiger partial charge in [0.05, 0.1) is 16.9 Å². The lowest BCUT2D eigenvalue weighted by molar-refractivity contribution is 0.0693. The molecule has 0 spiro atoms. The second kappa shape index (κ2) is 5.15. The number of amides is 1. The molecule has 5 nitrogen and oxygen atoms in total. The maximum atomic E-state index is 13.4. The average molecular weight is 280 g/mol. The number of aromatic carboxylic acids is 1. The number of hydrogen-bond acceptors (Lipinski definition) is 4. The van der Waals surface area contributed by atoms with Crippen LogP contribution in [-0.2, 0) is 0 Å². The van der Waals surface area contributed by atoms with Gasteiger partial charge in [0.15, 0.2) is 0 Å². The average Bonchev–Trinajstić information content (AvgIpc) is 2.75. The summed E-state index contributed by atoms with van der Waals surface area (Å²) in [5.74, 6) is -2.85. The minimum atomic E-state index is -1.44. The second-order valence-electron chi connectivity index (χ2n) is 3.67. The smallest absolute Gasteiger partial charge is 0.340 e. The summed E-state index contributed by atoms with van der Waals surface area (Å²) < 4.78 is 13.4. The van der Waals surface area contributed by atoms with Crippen LogP contribution in [0.5, 0.6) is 0 Å². The third-order valence-corrected chi connectivity index (χ3v) is 3.23. The van der Waals surface area contributed by atoms with Gasteiger partial charge in [0.1, 0.15) is 16.3 Å². The van der Waals surface area contributed by atoms with Crippen LogP contribution in [0.3, 0.4) is 0 Å². The number of anilines is 1. The molecule has 2 aromatic rings. The van der Waals surface area contributed by atoms with Crippen molar-refractivity contribution in [1.29, 1.82) is 0 Å². The van der Waals surface area contributed by atoms with Crippen LogP contribution in [0, 0.1) is 12.7 Å². The number of hydrogen-bond donors (Lipinski definition) is 2. The second-order valence-corrected chi connectivity index (χ2v) is 4.90. The van der Waals surface area contributed by atoms with E-state index in [1.165, 1.54) is 29.7 Å². The highest BCUT2D eigenvalue weighted by atomic mass is 32.1. The number of nitrogens with zero attached hydrogens (tertiary/aromatic N) is 1. The number of halogens is 1. The SMILES string of the molecule is Cc1ncc(C(=O)Nc2cccc(F)c2C(=O)O)s1. The van der Waals surface area contributed by atoms with Crippen molar-refractivity contribution in [2.75, 3.05) is 5.32 Å². The van der Waals surface area contributed by atoms with Crippen LogP contribution in [0.4, 0.5) is 10.1 Å². The van der Waals surface area contributed by atoms with E-state index < -0.39 is 23.3 Å². The van der Waals surface area contributed by atoms with E-state index in [1.807, 2.05) is 0 Å². The zero-order chi connectivity index (χ0) is 14.0.